The number of nitrogens with zero attached hydrogens (tertiary/aromatic N) is 2. The minimum absolute atomic E-state index is 0.00669. The number of carbonyl (C=O) groups is 1. The second kappa shape index (κ2) is 6.89. The van der Waals surface area contributed by atoms with Crippen LogP contribution in [0.25, 0.3) is 10.2 Å². The van der Waals surface area contributed by atoms with Gasteiger partial charge in [0.25, 0.3) is 0 Å². The van der Waals surface area contributed by atoms with Crippen LogP contribution >= 0.6 is 23.6 Å². The summed E-state index contributed by atoms with van der Waals surface area (Å²) in [6.45, 7) is 4.82. The van der Waals surface area contributed by atoms with Crippen molar-refractivity contribution in [3.63, 3.8) is 0 Å². The van der Waals surface area contributed by atoms with E-state index in [2.05, 4.69) is 21.6 Å². The van der Waals surface area contributed by atoms with E-state index in [1.807, 2.05) is 19.1 Å². The van der Waals surface area contributed by atoms with Crippen LogP contribution in [0.15, 0.2) is 24.3 Å². The van der Waals surface area contributed by atoms with Crippen LogP contribution in [0.1, 0.15) is 19.8 Å². The SMILES string of the molecule is CCOC(=O)[C@@H]1CCCN(Cn2c(=S)sc3ccccc32)C1. The Bertz CT molecular complexity index is 722. The molecule has 22 heavy (non-hydrogen) atoms. The van der Waals surface area contributed by atoms with Gasteiger partial charge < -0.3 is 9.30 Å². The highest BCUT2D eigenvalue weighted by atomic mass is 32.1. The third-order valence-corrected chi connectivity index (χ3v) is 5.47. The van der Waals surface area contributed by atoms with E-state index < -0.39 is 0 Å². The first-order chi connectivity index (χ1) is 10.7. The minimum atomic E-state index is -0.0639. The lowest BCUT2D eigenvalue weighted by Gasteiger charge is -2.31. The van der Waals surface area contributed by atoms with E-state index in [-0.39, 0.29) is 11.9 Å². The molecule has 2 aromatic rings. The molecule has 1 atom stereocenters. The minimum Gasteiger partial charge on any atom is -0.466 e. The Kier molecular flexibility index (Phi) is 4.90. The van der Waals surface area contributed by atoms with Crippen molar-refractivity contribution in [1.82, 2.24) is 9.47 Å². The summed E-state index contributed by atoms with van der Waals surface area (Å²) in [6.07, 6.45) is 1.95. The van der Waals surface area contributed by atoms with Gasteiger partial charge in [-0.1, -0.05) is 12.1 Å². The smallest absolute Gasteiger partial charge is 0.310 e. The van der Waals surface area contributed by atoms with E-state index in [0.717, 1.165) is 36.6 Å². The third kappa shape index (κ3) is 3.24. The zero-order chi connectivity index (χ0) is 15.5. The topological polar surface area (TPSA) is 34.5 Å². The van der Waals surface area contributed by atoms with Crippen LogP contribution in [0.5, 0.6) is 0 Å². The van der Waals surface area contributed by atoms with Crippen LogP contribution in [0.2, 0.25) is 0 Å². The molecule has 2 heterocycles. The molecule has 118 valence electrons. The summed E-state index contributed by atoms with van der Waals surface area (Å²) in [4.78, 5) is 14.3. The molecule has 0 aliphatic carbocycles. The number of ether oxygens (including phenoxy) is 1. The lowest BCUT2D eigenvalue weighted by atomic mass is 9.98. The van der Waals surface area contributed by atoms with Gasteiger partial charge in [-0.15, -0.1) is 11.3 Å². The molecule has 1 saturated heterocycles. The number of fused-ring (bicyclic) bond motifs is 1. The summed E-state index contributed by atoms with van der Waals surface area (Å²) >= 11 is 7.15. The van der Waals surface area contributed by atoms with Gasteiger partial charge in [0.05, 0.1) is 29.4 Å². The van der Waals surface area contributed by atoms with Gasteiger partial charge in [0, 0.05) is 6.54 Å². The summed E-state index contributed by atoms with van der Waals surface area (Å²) in [6, 6.07) is 8.28. The standard InChI is InChI=1S/C16H20N2O2S2/c1-2-20-15(19)12-6-5-9-17(10-12)11-18-13-7-3-4-8-14(13)22-16(18)21/h3-4,7-8,12H,2,5-6,9-11H2,1H3/t12-/m1/s1. The molecular weight excluding hydrogens is 316 g/mol. The second-order valence-electron chi connectivity index (χ2n) is 5.57. The summed E-state index contributed by atoms with van der Waals surface area (Å²) in [7, 11) is 0. The molecule has 0 unspecified atom stereocenters. The van der Waals surface area contributed by atoms with Crippen LogP contribution in [0.4, 0.5) is 0 Å². The molecule has 1 aliphatic rings. The summed E-state index contributed by atoms with van der Waals surface area (Å²) in [5.41, 5.74) is 1.18. The number of likely N-dealkylation sites (tertiary alicyclic amines) is 1. The molecular formula is C16H20N2O2S2. The van der Waals surface area contributed by atoms with Gasteiger partial charge in [0.15, 0.2) is 3.95 Å². The van der Waals surface area contributed by atoms with E-state index in [1.165, 1.54) is 10.2 Å². The first kappa shape index (κ1) is 15.6. The van der Waals surface area contributed by atoms with Crippen molar-refractivity contribution in [2.75, 3.05) is 19.7 Å². The van der Waals surface area contributed by atoms with Crippen molar-refractivity contribution in [2.45, 2.75) is 26.4 Å². The zero-order valence-electron chi connectivity index (χ0n) is 12.7. The van der Waals surface area contributed by atoms with Gasteiger partial charge in [-0.05, 0) is 50.7 Å². The molecule has 1 aliphatic heterocycles. The Hall–Kier alpha value is -1.24. The highest BCUT2D eigenvalue weighted by Gasteiger charge is 2.27. The van der Waals surface area contributed by atoms with Gasteiger partial charge in [-0.3, -0.25) is 9.69 Å². The average Bonchev–Trinajstić information content (AvgIpc) is 2.84. The molecule has 1 aromatic carbocycles. The lowest BCUT2D eigenvalue weighted by molar-refractivity contribution is -0.150. The number of carbonyl (C=O) groups excluding carboxylic acids is 1. The maximum absolute atomic E-state index is 12.0. The predicted molar refractivity (Wildman–Crippen MR) is 91.6 cm³/mol. The average molecular weight is 336 g/mol. The van der Waals surface area contributed by atoms with E-state index in [9.17, 15) is 4.79 Å². The van der Waals surface area contributed by atoms with E-state index in [4.69, 9.17) is 17.0 Å². The van der Waals surface area contributed by atoms with Gasteiger partial charge >= 0.3 is 5.97 Å². The number of benzene rings is 1. The van der Waals surface area contributed by atoms with Gasteiger partial charge in [-0.2, -0.15) is 0 Å². The molecule has 1 fully saturated rings. The molecule has 3 rings (SSSR count). The Morgan fingerprint density at radius 1 is 1.45 bits per heavy atom. The fourth-order valence-corrected chi connectivity index (χ4v) is 4.29. The quantitative estimate of drug-likeness (QED) is 0.630. The van der Waals surface area contributed by atoms with Crippen molar-refractivity contribution >= 4 is 39.7 Å². The number of hydrogen-bond donors (Lipinski definition) is 0. The number of para-hydroxylation sites is 1. The maximum atomic E-state index is 12.0. The number of rotatable bonds is 4. The number of esters is 1. The number of aromatic nitrogens is 1. The highest BCUT2D eigenvalue weighted by molar-refractivity contribution is 7.73. The van der Waals surface area contributed by atoms with Crippen LogP contribution in [0.3, 0.4) is 0 Å². The van der Waals surface area contributed by atoms with Gasteiger partial charge in [0.1, 0.15) is 0 Å². The second-order valence-corrected chi connectivity index (χ2v) is 7.25. The van der Waals surface area contributed by atoms with Crippen LogP contribution in [-0.2, 0) is 16.2 Å². The van der Waals surface area contributed by atoms with Crippen molar-refractivity contribution in [3.8, 4) is 0 Å². The number of thiazole rings is 1. The predicted octanol–water partition coefficient (Wildman–Crippen LogP) is 3.66. The first-order valence-corrected chi connectivity index (χ1v) is 8.89. The van der Waals surface area contributed by atoms with E-state index in [1.54, 1.807) is 11.3 Å². The van der Waals surface area contributed by atoms with Crippen molar-refractivity contribution in [1.29, 1.82) is 0 Å². The maximum Gasteiger partial charge on any atom is 0.310 e. The van der Waals surface area contributed by atoms with Crippen LogP contribution < -0.4 is 0 Å². The Morgan fingerprint density at radius 2 is 2.27 bits per heavy atom. The summed E-state index contributed by atoms with van der Waals surface area (Å²) in [5.74, 6) is -0.0706. The normalized spacial score (nSPS) is 19.4. The highest BCUT2D eigenvalue weighted by Crippen LogP contribution is 2.25. The molecule has 0 N–H and O–H groups in total. The fraction of sp³-hybridized carbons (Fsp3) is 0.500. The molecule has 0 bridgehead atoms. The Balaban J connectivity index is 1.76. The van der Waals surface area contributed by atoms with E-state index in [0.29, 0.717) is 6.61 Å². The first-order valence-electron chi connectivity index (χ1n) is 7.66. The third-order valence-electron chi connectivity index (χ3n) is 4.04. The molecule has 1 aromatic heterocycles. The van der Waals surface area contributed by atoms with Crippen molar-refractivity contribution in [3.05, 3.63) is 28.2 Å². The molecule has 0 amide bonds. The number of hydrogen-bond acceptors (Lipinski definition) is 5. The monoisotopic (exact) mass is 336 g/mol. The molecule has 6 heteroatoms. The van der Waals surface area contributed by atoms with Gasteiger partial charge in [-0.25, -0.2) is 0 Å². The van der Waals surface area contributed by atoms with E-state index >= 15 is 0 Å². The molecule has 0 radical (unpaired) electrons. The van der Waals surface area contributed by atoms with Crippen LogP contribution in [0, 0.1) is 9.87 Å². The summed E-state index contributed by atoms with van der Waals surface area (Å²) < 4.78 is 9.44. The van der Waals surface area contributed by atoms with Crippen molar-refractivity contribution < 1.29 is 9.53 Å². The Labute approximate surface area is 139 Å². The zero-order valence-corrected chi connectivity index (χ0v) is 14.3. The van der Waals surface area contributed by atoms with Crippen LogP contribution in [-0.4, -0.2) is 35.1 Å². The molecule has 0 spiro atoms. The lowest BCUT2D eigenvalue weighted by Crippen LogP contribution is -2.40. The largest absolute Gasteiger partial charge is 0.466 e. The fourth-order valence-electron chi connectivity index (χ4n) is 2.98. The number of piperidine rings is 1. The van der Waals surface area contributed by atoms with Gasteiger partial charge in [0.2, 0.25) is 0 Å². The van der Waals surface area contributed by atoms with Crippen molar-refractivity contribution in [2.24, 2.45) is 5.92 Å². The Morgan fingerprint density at radius 3 is 3.09 bits per heavy atom. The molecule has 0 saturated carbocycles. The molecule has 4 nitrogen and oxygen atoms in total. The summed E-state index contributed by atoms with van der Waals surface area (Å²) in [5, 5.41) is 0.